The fourth-order valence-corrected chi connectivity index (χ4v) is 3.14. The maximum absolute atomic E-state index is 12.3. The number of hydrogen-bond donors (Lipinski definition) is 2. The number of nitrogens with one attached hydrogen (secondary N) is 1. The lowest BCUT2D eigenvalue weighted by atomic mass is 9.97. The van der Waals surface area contributed by atoms with Crippen molar-refractivity contribution in [1.82, 2.24) is 10.2 Å². The van der Waals surface area contributed by atoms with Gasteiger partial charge in [-0.2, -0.15) is 0 Å². The standard InChI is InChI=1S/C15H24N2O4/c1-3-15(2,14(20)21)16-13(19)10-8-12(18)17(9-10)11-6-4-5-7-11/h10-11H,3-9H2,1-2H3,(H,16,19)(H,20,21). The van der Waals surface area contributed by atoms with E-state index in [-0.39, 0.29) is 24.3 Å². The van der Waals surface area contributed by atoms with Gasteiger partial charge in [0.1, 0.15) is 5.54 Å². The smallest absolute Gasteiger partial charge is 0.329 e. The average molecular weight is 296 g/mol. The number of rotatable bonds is 5. The van der Waals surface area contributed by atoms with E-state index in [4.69, 9.17) is 0 Å². The first-order valence-electron chi connectivity index (χ1n) is 7.72. The van der Waals surface area contributed by atoms with Gasteiger partial charge in [-0.1, -0.05) is 19.8 Å². The molecule has 6 heteroatoms. The quantitative estimate of drug-likeness (QED) is 0.796. The van der Waals surface area contributed by atoms with Crippen LogP contribution < -0.4 is 5.32 Å². The minimum atomic E-state index is -1.26. The first kappa shape index (κ1) is 15.8. The van der Waals surface area contributed by atoms with Crippen LogP contribution >= 0.6 is 0 Å². The molecule has 2 fully saturated rings. The molecule has 2 N–H and O–H groups in total. The van der Waals surface area contributed by atoms with Crippen molar-refractivity contribution in [3.63, 3.8) is 0 Å². The zero-order valence-electron chi connectivity index (χ0n) is 12.7. The molecule has 2 atom stereocenters. The van der Waals surface area contributed by atoms with Crippen LogP contribution in [-0.2, 0) is 14.4 Å². The molecule has 1 saturated heterocycles. The fourth-order valence-electron chi connectivity index (χ4n) is 3.14. The summed E-state index contributed by atoms with van der Waals surface area (Å²) in [7, 11) is 0. The molecule has 0 aromatic heterocycles. The molecule has 0 bridgehead atoms. The van der Waals surface area contributed by atoms with Crippen molar-refractivity contribution in [3.05, 3.63) is 0 Å². The molecule has 1 aliphatic heterocycles. The lowest BCUT2D eigenvalue weighted by Crippen LogP contribution is -2.53. The van der Waals surface area contributed by atoms with Crippen LogP contribution in [0.15, 0.2) is 0 Å². The molecule has 2 rings (SSSR count). The molecule has 2 unspecified atom stereocenters. The van der Waals surface area contributed by atoms with Gasteiger partial charge < -0.3 is 15.3 Å². The van der Waals surface area contributed by atoms with Gasteiger partial charge in [0.2, 0.25) is 11.8 Å². The molecule has 2 aliphatic rings. The van der Waals surface area contributed by atoms with Crippen molar-refractivity contribution in [2.24, 2.45) is 5.92 Å². The molecule has 1 saturated carbocycles. The van der Waals surface area contributed by atoms with E-state index >= 15 is 0 Å². The summed E-state index contributed by atoms with van der Waals surface area (Å²) in [5, 5.41) is 11.8. The molecule has 1 aliphatic carbocycles. The summed E-state index contributed by atoms with van der Waals surface area (Å²) in [5.41, 5.74) is -1.26. The highest BCUT2D eigenvalue weighted by Gasteiger charge is 2.41. The number of amides is 2. The van der Waals surface area contributed by atoms with Gasteiger partial charge in [-0.25, -0.2) is 4.79 Å². The Bertz CT molecular complexity index is 445. The van der Waals surface area contributed by atoms with E-state index in [1.807, 2.05) is 4.90 Å². The molecule has 2 amide bonds. The lowest BCUT2D eigenvalue weighted by molar-refractivity contribution is -0.147. The summed E-state index contributed by atoms with van der Waals surface area (Å²) in [6.45, 7) is 3.65. The van der Waals surface area contributed by atoms with Crippen molar-refractivity contribution in [3.8, 4) is 0 Å². The van der Waals surface area contributed by atoms with Gasteiger partial charge in [0.05, 0.1) is 5.92 Å². The Morgan fingerprint density at radius 2 is 2.00 bits per heavy atom. The number of aliphatic carboxylic acids is 1. The Morgan fingerprint density at radius 3 is 2.52 bits per heavy atom. The molecule has 118 valence electrons. The van der Waals surface area contributed by atoms with Crippen molar-refractivity contribution < 1.29 is 19.5 Å². The van der Waals surface area contributed by atoms with E-state index < -0.39 is 17.4 Å². The number of carboxylic acid groups (broad SMARTS) is 1. The Kier molecular flexibility index (Phi) is 4.54. The van der Waals surface area contributed by atoms with Crippen LogP contribution in [0, 0.1) is 5.92 Å². The van der Waals surface area contributed by atoms with E-state index in [1.165, 1.54) is 6.92 Å². The summed E-state index contributed by atoms with van der Waals surface area (Å²) in [5.74, 6) is -1.77. The summed E-state index contributed by atoms with van der Waals surface area (Å²) in [4.78, 5) is 37.4. The third-order valence-electron chi connectivity index (χ3n) is 4.87. The van der Waals surface area contributed by atoms with Gasteiger partial charge in [-0.05, 0) is 26.2 Å². The number of hydrogen-bond acceptors (Lipinski definition) is 3. The Labute approximate surface area is 124 Å². The van der Waals surface area contributed by atoms with Crippen LogP contribution in [0.1, 0.15) is 52.4 Å². The molecular formula is C15H24N2O4. The molecule has 0 spiro atoms. The second-order valence-electron chi connectivity index (χ2n) is 6.37. The maximum atomic E-state index is 12.3. The zero-order valence-corrected chi connectivity index (χ0v) is 12.7. The first-order valence-corrected chi connectivity index (χ1v) is 7.72. The minimum absolute atomic E-state index is 0.0237. The van der Waals surface area contributed by atoms with E-state index in [0.717, 1.165) is 25.7 Å². The van der Waals surface area contributed by atoms with E-state index in [9.17, 15) is 19.5 Å². The van der Waals surface area contributed by atoms with E-state index in [1.54, 1.807) is 6.92 Å². The predicted octanol–water partition coefficient (Wildman–Crippen LogP) is 1.15. The van der Waals surface area contributed by atoms with Gasteiger partial charge in [-0.15, -0.1) is 0 Å². The predicted molar refractivity (Wildman–Crippen MR) is 76.6 cm³/mol. The summed E-state index contributed by atoms with van der Waals surface area (Å²) in [6.07, 6.45) is 4.81. The fraction of sp³-hybridized carbons (Fsp3) is 0.800. The normalized spacial score (nSPS) is 25.9. The minimum Gasteiger partial charge on any atom is -0.480 e. The van der Waals surface area contributed by atoms with Crippen molar-refractivity contribution >= 4 is 17.8 Å². The first-order chi connectivity index (χ1) is 9.87. The maximum Gasteiger partial charge on any atom is 0.329 e. The number of likely N-dealkylation sites (tertiary alicyclic amines) is 1. The van der Waals surface area contributed by atoms with Crippen molar-refractivity contribution in [2.75, 3.05) is 6.54 Å². The third kappa shape index (κ3) is 3.19. The largest absolute Gasteiger partial charge is 0.480 e. The Balaban J connectivity index is 1.98. The van der Waals surface area contributed by atoms with Gasteiger partial charge in [0.25, 0.3) is 0 Å². The number of carbonyl (C=O) groups excluding carboxylic acids is 2. The van der Waals surface area contributed by atoms with Crippen LogP contribution in [0.2, 0.25) is 0 Å². The molecule has 0 aromatic carbocycles. The topological polar surface area (TPSA) is 86.7 Å². The van der Waals surface area contributed by atoms with Gasteiger partial charge in [0.15, 0.2) is 0 Å². The average Bonchev–Trinajstić information content (AvgIpc) is 3.07. The molecule has 21 heavy (non-hydrogen) atoms. The Hall–Kier alpha value is -1.59. The SMILES string of the molecule is CCC(C)(NC(=O)C1CC(=O)N(C2CCCC2)C1)C(=O)O. The molecule has 0 aromatic rings. The highest BCUT2D eigenvalue weighted by atomic mass is 16.4. The highest BCUT2D eigenvalue weighted by molar-refractivity contribution is 5.92. The third-order valence-corrected chi connectivity index (χ3v) is 4.87. The van der Waals surface area contributed by atoms with Crippen LogP contribution in [-0.4, -0.2) is 45.9 Å². The van der Waals surface area contributed by atoms with Crippen LogP contribution in [0.4, 0.5) is 0 Å². The zero-order chi connectivity index (χ0) is 15.6. The molecule has 1 heterocycles. The second-order valence-corrected chi connectivity index (χ2v) is 6.37. The van der Waals surface area contributed by atoms with Crippen LogP contribution in [0.25, 0.3) is 0 Å². The van der Waals surface area contributed by atoms with E-state index in [2.05, 4.69) is 5.32 Å². The van der Waals surface area contributed by atoms with Gasteiger partial charge in [0, 0.05) is 19.0 Å². The number of nitrogens with zero attached hydrogens (tertiary/aromatic N) is 1. The number of carbonyl (C=O) groups is 3. The number of carboxylic acids is 1. The van der Waals surface area contributed by atoms with Gasteiger partial charge >= 0.3 is 5.97 Å². The van der Waals surface area contributed by atoms with Crippen molar-refractivity contribution in [1.29, 1.82) is 0 Å². The molecule has 0 radical (unpaired) electrons. The summed E-state index contributed by atoms with van der Waals surface area (Å²) in [6, 6.07) is 0.271. The molecule has 6 nitrogen and oxygen atoms in total. The Morgan fingerprint density at radius 1 is 1.38 bits per heavy atom. The van der Waals surface area contributed by atoms with Gasteiger partial charge in [-0.3, -0.25) is 9.59 Å². The molecular weight excluding hydrogens is 272 g/mol. The monoisotopic (exact) mass is 296 g/mol. The summed E-state index contributed by atoms with van der Waals surface area (Å²) >= 11 is 0. The summed E-state index contributed by atoms with van der Waals surface area (Å²) < 4.78 is 0. The van der Waals surface area contributed by atoms with Crippen LogP contribution in [0.3, 0.4) is 0 Å². The van der Waals surface area contributed by atoms with E-state index in [0.29, 0.717) is 13.0 Å². The second kappa shape index (κ2) is 6.03. The highest BCUT2D eigenvalue weighted by Crippen LogP contribution is 2.29. The lowest BCUT2D eigenvalue weighted by Gasteiger charge is -2.27. The van der Waals surface area contributed by atoms with Crippen molar-refractivity contribution in [2.45, 2.75) is 64.0 Å². The van der Waals surface area contributed by atoms with Crippen LogP contribution in [0.5, 0.6) is 0 Å².